The molecule has 1 fully saturated rings. The van der Waals surface area contributed by atoms with Crippen molar-refractivity contribution in [3.05, 3.63) is 66.0 Å². The molecule has 0 aliphatic carbocycles. The van der Waals surface area contributed by atoms with E-state index < -0.39 is 17.0 Å². The molecule has 6 heteroatoms. The number of rotatable bonds is 4. The van der Waals surface area contributed by atoms with Gasteiger partial charge in [-0.3, -0.25) is 4.98 Å². The summed E-state index contributed by atoms with van der Waals surface area (Å²) in [5.41, 5.74) is -0.0333. The monoisotopic (exact) mass is 382 g/mol. The van der Waals surface area contributed by atoms with E-state index in [0.717, 1.165) is 0 Å². The van der Waals surface area contributed by atoms with Crippen LogP contribution >= 0.6 is 0 Å². The maximum Gasteiger partial charge on any atom is 0.357 e. The van der Waals surface area contributed by atoms with Gasteiger partial charge < -0.3 is 9.57 Å². The molecule has 0 N–H and O–H groups in total. The van der Waals surface area contributed by atoms with Crippen LogP contribution in [0.2, 0.25) is 0 Å². The average Bonchev–Trinajstić information content (AvgIpc) is 2.65. The summed E-state index contributed by atoms with van der Waals surface area (Å²) in [6.45, 7) is 7.94. The summed E-state index contributed by atoms with van der Waals surface area (Å²) < 4.78 is 5.75. The van der Waals surface area contributed by atoms with Gasteiger partial charge in [0.15, 0.2) is 0 Å². The largest absolute Gasteiger partial charge is 0.459 e. The fourth-order valence-electron chi connectivity index (χ4n) is 3.92. The number of aromatic nitrogens is 1. The van der Waals surface area contributed by atoms with Crippen molar-refractivity contribution in [2.24, 2.45) is 0 Å². The van der Waals surface area contributed by atoms with E-state index in [4.69, 9.17) is 9.57 Å². The molecule has 0 spiro atoms. The fourth-order valence-corrected chi connectivity index (χ4v) is 3.92. The lowest BCUT2D eigenvalue weighted by Gasteiger charge is -2.52. The molecular formula is C22H26N2O4. The van der Waals surface area contributed by atoms with Gasteiger partial charge in [0.25, 0.3) is 0 Å². The van der Waals surface area contributed by atoms with E-state index in [0.29, 0.717) is 24.0 Å². The van der Waals surface area contributed by atoms with E-state index in [-0.39, 0.29) is 12.1 Å². The molecule has 0 amide bonds. The number of hydrogen-bond acceptors (Lipinski definition) is 6. The molecule has 3 rings (SSSR count). The Kier molecular flexibility index (Phi) is 5.52. The minimum atomic E-state index is -0.505. The van der Waals surface area contributed by atoms with Crippen molar-refractivity contribution in [1.82, 2.24) is 10.0 Å². The number of carbonyl (C=O) groups is 2. The topological polar surface area (TPSA) is 68.7 Å². The quantitative estimate of drug-likeness (QED) is 0.744. The lowest BCUT2D eigenvalue weighted by molar-refractivity contribution is -0.255. The van der Waals surface area contributed by atoms with Gasteiger partial charge in [0.2, 0.25) is 0 Å². The predicted molar refractivity (Wildman–Crippen MR) is 105 cm³/mol. The molecule has 0 unspecified atom stereocenters. The maximum absolute atomic E-state index is 12.6. The number of hydrogen-bond donors (Lipinski definition) is 0. The Morgan fingerprint density at radius 1 is 0.893 bits per heavy atom. The summed E-state index contributed by atoms with van der Waals surface area (Å²) in [7, 11) is 0. The van der Waals surface area contributed by atoms with E-state index >= 15 is 0 Å². The van der Waals surface area contributed by atoms with Crippen LogP contribution in [-0.4, -0.2) is 39.2 Å². The number of nitrogens with zero attached hydrogens (tertiary/aromatic N) is 2. The van der Waals surface area contributed by atoms with E-state index in [1.807, 2.05) is 33.8 Å². The van der Waals surface area contributed by atoms with Crippen LogP contribution in [0.4, 0.5) is 0 Å². The number of piperidine rings is 1. The van der Waals surface area contributed by atoms with E-state index in [9.17, 15) is 9.59 Å². The third-order valence-corrected chi connectivity index (χ3v) is 4.93. The van der Waals surface area contributed by atoms with Crippen molar-refractivity contribution in [3.8, 4) is 0 Å². The molecule has 0 bridgehead atoms. The van der Waals surface area contributed by atoms with E-state index in [2.05, 4.69) is 4.98 Å². The summed E-state index contributed by atoms with van der Waals surface area (Å²) in [6.07, 6.45) is 3.95. The number of hydroxylamine groups is 2. The highest BCUT2D eigenvalue weighted by Crippen LogP contribution is 2.40. The zero-order valence-corrected chi connectivity index (χ0v) is 16.7. The molecule has 28 heavy (non-hydrogen) atoms. The molecule has 0 saturated carbocycles. The third-order valence-electron chi connectivity index (χ3n) is 4.93. The first-order chi connectivity index (χ1) is 13.2. The molecule has 1 aromatic heterocycles. The van der Waals surface area contributed by atoms with Gasteiger partial charge >= 0.3 is 11.9 Å². The van der Waals surface area contributed by atoms with Crippen LogP contribution in [-0.2, 0) is 9.57 Å². The molecule has 1 saturated heterocycles. The zero-order valence-electron chi connectivity index (χ0n) is 16.7. The second-order valence-corrected chi connectivity index (χ2v) is 8.34. The normalized spacial score (nSPS) is 19.0. The van der Waals surface area contributed by atoms with Gasteiger partial charge in [-0.15, -0.1) is 5.06 Å². The second kappa shape index (κ2) is 7.72. The Labute approximate surface area is 165 Å². The van der Waals surface area contributed by atoms with Crippen molar-refractivity contribution < 1.29 is 19.2 Å². The van der Waals surface area contributed by atoms with Crippen molar-refractivity contribution in [2.75, 3.05) is 0 Å². The molecular weight excluding hydrogens is 356 g/mol. The Morgan fingerprint density at radius 2 is 1.43 bits per heavy atom. The minimum Gasteiger partial charge on any atom is -0.459 e. The molecule has 1 aromatic carbocycles. The Morgan fingerprint density at radius 3 is 2.00 bits per heavy atom. The number of carbonyl (C=O) groups excluding carboxylic acids is 2. The summed E-state index contributed by atoms with van der Waals surface area (Å²) in [4.78, 5) is 34.7. The van der Waals surface area contributed by atoms with Gasteiger partial charge in [-0.25, -0.2) is 9.59 Å². The van der Waals surface area contributed by atoms with Gasteiger partial charge in [0, 0.05) is 25.2 Å². The number of esters is 1. The molecule has 1 aliphatic heterocycles. The van der Waals surface area contributed by atoms with Gasteiger partial charge in [-0.1, -0.05) is 18.2 Å². The standard InChI is InChI=1S/C22H26N2O4/c1-21(2)14-18(27-19(25)17-10-12-23-13-11-17)15-22(3,4)24(21)28-20(26)16-8-6-5-7-9-16/h5-13,18H,14-15H2,1-4H3. The van der Waals surface area contributed by atoms with Crippen LogP contribution in [0, 0.1) is 0 Å². The first-order valence-corrected chi connectivity index (χ1v) is 9.38. The summed E-state index contributed by atoms with van der Waals surface area (Å²) in [5.74, 6) is -0.761. The highest BCUT2D eigenvalue weighted by molar-refractivity contribution is 5.89. The third kappa shape index (κ3) is 4.39. The molecule has 6 nitrogen and oxygen atoms in total. The Bertz CT molecular complexity index is 816. The Hall–Kier alpha value is -2.73. The number of ether oxygens (including phenoxy) is 1. The van der Waals surface area contributed by atoms with Crippen molar-refractivity contribution in [3.63, 3.8) is 0 Å². The number of benzene rings is 1. The van der Waals surface area contributed by atoms with E-state index in [1.54, 1.807) is 53.9 Å². The molecule has 1 aliphatic rings. The van der Waals surface area contributed by atoms with Crippen LogP contribution in [0.15, 0.2) is 54.9 Å². The lowest BCUT2D eigenvalue weighted by atomic mass is 9.80. The molecule has 0 radical (unpaired) electrons. The smallest absolute Gasteiger partial charge is 0.357 e. The highest BCUT2D eigenvalue weighted by Gasteiger charge is 2.49. The number of pyridine rings is 1. The molecule has 2 aromatic rings. The molecule has 2 heterocycles. The summed E-state index contributed by atoms with van der Waals surface area (Å²) >= 11 is 0. The van der Waals surface area contributed by atoms with E-state index in [1.165, 1.54) is 0 Å². The SMILES string of the molecule is CC1(C)CC(OC(=O)c2ccncc2)CC(C)(C)N1OC(=O)c1ccccc1. The molecule has 148 valence electrons. The predicted octanol–water partition coefficient (Wildman–Crippen LogP) is 4.03. The van der Waals surface area contributed by atoms with Crippen LogP contribution in [0.25, 0.3) is 0 Å². The molecule has 0 atom stereocenters. The van der Waals surface area contributed by atoms with Gasteiger partial charge in [-0.05, 0) is 52.0 Å². The summed E-state index contributed by atoms with van der Waals surface area (Å²) in [5, 5.41) is 1.74. The van der Waals surface area contributed by atoms with Crippen LogP contribution < -0.4 is 0 Å². The summed E-state index contributed by atoms with van der Waals surface area (Å²) in [6, 6.07) is 12.2. The second-order valence-electron chi connectivity index (χ2n) is 8.34. The van der Waals surface area contributed by atoms with Crippen LogP contribution in [0.3, 0.4) is 0 Å². The van der Waals surface area contributed by atoms with Crippen molar-refractivity contribution in [1.29, 1.82) is 0 Å². The van der Waals surface area contributed by atoms with Crippen molar-refractivity contribution in [2.45, 2.75) is 57.7 Å². The zero-order chi connectivity index (χ0) is 20.4. The Balaban J connectivity index is 1.72. The average molecular weight is 382 g/mol. The van der Waals surface area contributed by atoms with Gasteiger partial charge in [-0.2, -0.15) is 0 Å². The first kappa shape index (κ1) is 20.0. The van der Waals surface area contributed by atoms with Crippen molar-refractivity contribution >= 4 is 11.9 Å². The first-order valence-electron chi connectivity index (χ1n) is 9.38. The highest BCUT2D eigenvalue weighted by atomic mass is 16.7. The van der Waals surface area contributed by atoms with Gasteiger partial charge in [0.1, 0.15) is 6.10 Å². The maximum atomic E-state index is 12.6. The minimum absolute atomic E-state index is 0.280. The lowest BCUT2D eigenvalue weighted by Crippen LogP contribution is -2.62. The van der Waals surface area contributed by atoms with Crippen LogP contribution in [0.1, 0.15) is 61.3 Å². The van der Waals surface area contributed by atoms with Gasteiger partial charge in [0.05, 0.1) is 22.2 Å². The van der Waals surface area contributed by atoms with Crippen LogP contribution in [0.5, 0.6) is 0 Å². The fraction of sp³-hybridized carbons (Fsp3) is 0.409.